The van der Waals surface area contributed by atoms with Gasteiger partial charge in [-0.05, 0) is 17.7 Å². The molecular weight excluding hydrogens is 280 g/mol. The molecule has 0 saturated carbocycles. The lowest BCUT2D eigenvalue weighted by atomic mass is 9.79. The summed E-state index contributed by atoms with van der Waals surface area (Å²) in [5.41, 5.74) is 1.41. The van der Waals surface area contributed by atoms with Crippen LogP contribution in [-0.2, 0) is 4.74 Å². The fourth-order valence-electron chi connectivity index (χ4n) is 3.10. The second-order valence-electron chi connectivity index (χ2n) is 6.45. The number of nitrogens with one attached hydrogen (secondary N) is 1. The number of methoxy groups -OCH3 is 1. The first-order valence-corrected chi connectivity index (χ1v) is 7.73. The lowest BCUT2D eigenvalue weighted by Crippen LogP contribution is -2.49. The minimum atomic E-state index is -0.327. The highest BCUT2D eigenvalue weighted by Gasteiger charge is 2.35. The summed E-state index contributed by atoms with van der Waals surface area (Å²) < 4.78 is 4.74. The van der Waals surface area contributed by atoms with Gasteiger partial charge in [-0.2, -0.15) is 0 Å². The number of hydrogen-bond donors (Lipinski definition) is 2. The Kier molecular flexibility index (Phi) is 5.56. The summed E-state index contributed by atoms with van der Waals surface area (Å²) in [5.74, 6) is -0.327. The number of rotatable bonds is 5. The van der Waals surface area contributed by atoms with Crippen LogP contribution in [-0.4, -0.2) is 55.9 Å². The molecule has 0 radical (unpaired) electrons. The molecule has 0 amide bonds. The molecule has 5 nitrogen and oxygen atoms in total. The molecule has 1 aromatic rings. The van der Waals surface area contributed by atoms with Gasteiger partial charge in [0, 0.05) is 44.2 Å². The molecule has 2 rings (SSSR count). The van der Waals surface area contributed by atoms with Gasteiger partial charge in [-0.1, -0.05) is 26.0 Å². The van der Waals surface area contributed by atoms with Crippen LogP contribution in [0.25, 0.3) is 0 Å². The molecule has 122 valence electrons. The zero-order valence-electron chi connectivity index (χ0n) is 13.6. The summed E-state index contributed by atoms with van der Waals surface area (Å²) in [6, 6.07) is 7.65. The Bertz CT molecular complexity index is 493. The number of esters is 1. The van der Waals surface area contributed by atoms with Crippen LogP contribution in [0.1, 0.15) is 35.8 Å². The van der Waals surface area contributed by atoms with Crippen molar-refractivity contribution >= 4 is 5.97 Å². The maximum Gasteiger partial charge on any atom is 0.337 e. The third-order valence-electron chi connectivity index (χ3n) is 4.31. The normalized spacial score (nSPS) is 18.0. The Hall–Kier alpha value is -1.43. The first-order chi connectivity index (χ1) is 10.5. The topological polar surface area (TPSA) is 61.8 Å². The van der Waals surface area contributed by atoms with E-state index in [1.54, 1.807) is 12.1 Å². The Morgan fingerprint density at radius 2 is 1.91 bits per heavy atom. The van der Waals surface area contributed by atoms with E-state index < -0.39 is 0 Å². The van der Waals surface area contributed by atoms with Crippen molar-refractivity contribution in [1.82, 2.24) is 10.2 Å². The predicted molar refractivity (Wildman–Crippen MR) is 85.8 cm³/mol. The molecule has 1 atom stereocenters. The molecule has 1 heterocycles. The van der Waals surface area contributed by atoms with Gasteiger partial charge in [0.15, 0.2) is 0 Å². The van der Waals surface area contributed by atoms with E-state index >= 15 is 0 Å². The molecule has 0 bridgehead atoms. The van der Waals surface area contributed by atoms with E-state index in [0.29, 0.717) is 5.56 Å². The number of aliphatic hydroxyl groups is 1. The van der Waals surface area contributed by atoms with Crippen molar-refractivity contribution < 1.29 is 14.6 Å². The van der Waals surface area contributed by atoms with E-state index in [1.165, 1.54) is 7.11 Å². The fraction of sp³-hybridized carbons (Fsp3) is 0.588. The Morgan fingerprint density at radius 1 is 1.32 bits per heavy atom. The SMILES string of the molecule is COC(=O)c1ccc([C@@H](N2CCNCC2)C(C)(C)CO)cc1. The van der Waals surface area contributed by atoms with Gasteiger partial charge >= 0.3 is 5.97 Å². The average Bonchev–Trinajstić information content (AvgIpc) is 2.56. The van der Waals surface area contributed by atoms with Gasteiger partial charge in [-0.3, -0.25) is 4.90 Å². The summed E-state index contributed by atoms with van der Waals surface area (Å²) in [7, 11) is 1.38. The Labute approximate surface area is 132 Å². The highest BCUT2D eigenvalue weighted by atomic mass is 16.5. The number of ether oxygens (including phenoxy) is 1. The van der Waals surface area contributed by atoms with Gasteiger partial charge in [0.2, 0.25) is 0 Å². The predicted octanol–water partition coefficient (Wildman–Crippen LogP) is 1.44. The molecule has 1 aliphatic heterocycles. The van der Waals surface area contributed by atoms with E-state index in [-0.39, 0.29) is 24.0 Å². The van der Waals surface area contributed by atoms with Crippen LogP contribution in [0.15, 0.2) is 24.3 Å². The lowest BCUT2D eigenvalue weighted by molar-refractivity contribution is 0.0305. The van der Waals surface area contributed by atoms with Crippen molar-refractivity contribution in [3.63, 3.8) is 0 Å². The first kappa shape index (κ1) is 16.9. The van der Waals surface area contributed by atoms with E-state index in [9.17, 15) is 9.90 Å². The summed E-state index contributed by atoms with van der Waals surface area (Å²) in [6.07, 6.45) is 0. The Morgan fingerprint density at radius 3 is 2.41 bits per heavy atom. The Balaban J connectivity index is 2.30. The first-order valence-electron chi connectivity index (χ1n) is 7.73. The van der Waals surface area contributed by atoms with E-state index in [4.69, 9.17) is 4.74 Å². The van der Waals surface area contributed by atoms with Crippen molar-refractivity contribution in [3.05, 3.63) is 35.4 Å². The third kappa shape index (κ3) is 3.66. The molecule has 0 aliphatic carbocycles. The monoisotopic (exact) mass is 306 g/mol. The summed E-state index contributed by atoms with van der Waals surface area (Å²) in [6.45, 7) is 8.08. The van der Waals surface area contributed by atoms with Crippen LogP contribution in [0.4, 0.5) is 0 Å². The van der Waals surface area contributed by atoms with Gasteiger partial charge in [0.25, 0.3) is 0 Å². The quantitative estimate of drug-likeness (QED) is 0.806. The van der Waals surface area contributed by atoms with E-state index in [2.05, 4.69) is 24.1 Å². The van der Waals surface area contributed by atoms with Crippen molar-refractivity contribution in [3.8, 4) is 0 Å². The van der Waals surface area contributed by atoms with Crippen LogP contribution < -0.4 is 5.32 Å². The van der Waals surface area contributed by atoms with Crippen molar-refractivity contribution in [2.75, 3.05) is 39.9 Å². The number of carbonyl (C=O) groups excluding carboxylic acids is 1. The molecule has 1 aromatic carbocycles. The minimum absolute atomic E-state index is 0.111. The molecule has 1 aliphatic rings. The highest BCUT2D eigenvalue weighted by Crippen LogP contribution is 2.38. The molecule has 0 unspecified atom stereocenters. The summed E-state index contributed by atoms with van der Waals surface area (Å²) in [5, 5.41) is 13.2. The molecule has 0 aromatic heterocycles. The maximum absolute atomic E-state index is 11.6. The number of piperazine rings is 1. The minimum Gasteiger partial charge on any atom is -0.465 e. The largest absolute Gasteiger partial charge is 0.465 e. The number of benzene rings is 1. The van der Waals surface area contributed by atoms with Crippen LogP contribution in [0.3, 0.4) is 0 Å². The number of aliphatic hydroxyl groups excluding tert-OH is 1. The van der Waals surface area contributed by atoms with Crippen LogP contribution in [0, 0.1) is 5.41 Å². The third-order valence-corrected chi connectivity index (χ3v) is 4.31. The smallest absolute Gasteiger partial charge is 0.337 e. The van der Waals surface area contributed by atoms with Gasteiger partial charge in [-0.25, -0.2) is 4.79 Å². The number of hydrogen-bond acceptors (Lipinski definition) is 5. The highest BCUT2D eigenvalue weighted by molar-refractivity contribution is 5.89. The molecule has 2 N–H and O–H groups in total. The number of carbonyl (C=O) groups is 1. The fourth-order valence-corrected chi connectivity index (χ4v) is 3.10. The van der Waals surface area contributed by atoms with Gasteiger partial charge in [0.05, 0.1) is 12.7 Å². The van der Waals surface area contributed by atoms with Crippen LogP contribution in [0.5, 0.6) is 0 Å². The lowest BCUT2D eigenvalue weighted by Gasteiger charge is -2.43. The second-order valence-corrected chi connectivity index (χ2v) is 6.45. The molecule has 0 spiro atoms. The molecule has 22 heavy (non-hydrogen) atoms. The zero-order valence-corrected chi connectivity index (χ0v) is 13.6. The van der Waals surface area contributed by atoms with Gasteiger partial charge in [0.1, 0.15) is 0 Å². The van der Waals surface area contributed by atoms with Gasteiger partial charge < -0.3 is 15.2 Å². The zero-order chi connectivity index (χ0) is 16.2. The van der Waals surface area contributed by atoms with E-state index in [1.807, 2.05) is 12.1 Å². The van der Waals surface area contributed by atoms with Crippen molar-refractivity contribution in [2.24, 2.45) is 5.41 Å². The number of nitrogens with zero attached hydrogens (tertiary/aromatic N) is 1. The van der Waals surface area contributed by atoms with Crippen LogP contribution in [0.2, 0.25) is 0 Å². The average molecular weight is 306 g/mol. The van der Waals surface area contributed by atoms with Crippen molar-refractivity contribution in [2.45, 2.75) is 19.9 Å². The summed E-state index contributed by atoms with van der Waals surface area (Å²) >= 11 is 0. The maximum atomic E-state index is 11.6. The van der Waals surface area contributed by atoms with Crippen molar-refractivity contribution in [1.29, 1.82) is 0 Å². The van der Waals surface area contributed by atoms with Crippen LogP contribution >= 0.6 is 0 Å². The summed E-state index contributed by atoms with van der Waals surface area (Å²) in [4.78, 5) is 14.0. The van der Waals surface area contributed by atoms with Gasteiger partial charge in [-0.15, -0.1) is 0 Å². The second kappa shape index (κ2) is 7.22. The molecule has 1 fully saturated rings. The molecule has 1 saturated heterocycles. The van der Waals surface area contributed by atoms with E-state index in [0.717, 1.165) is 31.7 Å². The molecular formula is C17H26N2O3. The standard InChI is InChI=1S/C17H26N2O3/c1-17(2,12-20)15(19-10-8-18-9-11-19)13-4-6-14(7-5-13)16(21)22-3/h4-7,15,18,20H,8-12H2,1-3H3/t15-/m1/s1. The molecule has 5 heteroatoms.